The molecule has 0 bridgehead atoms. The van der Waals surface area contributed by atoms with Gasteiger partial charge in [0.25, 0.3) is 5.91 Å². The molecule has 0 fully saturated rings. The van der Waals surface area contributed by atoms with Gasteiger partial charge in [-0.2, -0.15) is 0 Å². The smallest absolute Gasteiger partial charge is 0.251 e. The fourth-order valence-corrected chi connectivity index (χ4v) is 3.38. The van der Waals surface area contributed by atoms with Crippen molar-refractivity contribution in [3.63, 3.8) is 0 Å². The molecule has 2 rings (SSSR count). The molecule has 2 aromatic rings. The molecule has 0 aliphatic rings. The first-order valence-electron chi connectivity index (χ1n) is 10.5. The normalized spacial score (nSPS) is 11.9. The Balaban J connectivity index is 1.99. The Morgan fingerprint density at radius 2 is 1.59 bits per heavy atom. The molecule has 1 atom stereocenters. The van der Waals surface area contributed by atoms with Gasteiger partial charge < -0.3 is 15.5 Å². The van der Waals surface area contributed by atoms with Crippen molar-refractivity contribution in [2.24, 2.45) is 0 Å². The highest BCUT2D eigenvalue weighted by molar-refractivity contribution is 5.95. The lowest BCUT2D eigenvalue weighted by molar-refractivity contribution is -0.114. The summed E-state index contributed by atoms with van der Waals surface area (Å²) >= 11 is 0. The molecule has 5 heteroatoms. The van der Waals surface area contributed by atoms with Gasteiger partial charge in [-0.15, -0.1) is 0 Å². The number of rotatable bonds is 11. The molecule has 2 amide bonds. The summed E-state index contributed by atoms with van der Waals surface area (Å²) in [5, 5.41) is 5.90. The predicted molar refractivity (Wildman–Crippen MR) is 119 cm³/mol. The van der Waals surface area contributed by atoms with E-state index in [0.717, 1.165) is 44.5 Å². The molecule has 156 valence electrons. The van der Waals surface area contributed by atoms with Crippen LogP contribution in [0.1, 0.15) is 62.0 Å². The van der Waals surface area contributed by atoms with Crippen LogP contribution in [-0.2, 0) is 4.79 Å². The van der Waals surface area contributed by atoms with Gasteiger partial charge in [-0.1, -0.05) is 44.2 Å². The first-order valence-corrected chi connectivity index (χ1v) is 10.5. The maximum atomic E-state index is 12.8. The van der Waals surface area contributed by atoms with Gasteiger partial charge in [-0.3, -0.25) is 9.59 Å². The fourth-order valence-electron chi connectivity index (χ4n) is 3.38. The maximum absolute atomic E-state index is 12.8. The van der Waals surface area contributed by atoms with Crippen LogP contribution in [0.2, 0.25) is 0 Å². The zero-order valence-corrected chi connectivity index (χ0v) is 17.8. The zero-order chi connectivity index (χ0) is 21.1. The Morgan fingerprint density at radius 3 is 2.17 bits per heavy atom. The summed E-state index contributed by atoms with van der Waals surface area (Å²) in [7, 11) is 0. The van der Waals surface area contributed by atoms with E-state index in [9.17, 15) is 9.59 Å². The molecule has 29 heavy (non-hydrogen) atoms. The molecule has 0 radical (unpaired) electrons. The van der Waals surface area contributed by atoms with Crippen molar-refractivity contribution in [3.05, 3.63) is 65.7 Å². The predicted octanol–water partition coefficient (Wildman–Crippen LogP) is 4.63. The van der Waals surface area contributed by atoms with E-state index >= 15 is 0 Å². The highest BCUT2D eigenvalue weighted by Crippen LogP contribution is 2.20. The summed E-state index contributed by atoms with van der Waals surface area (Å²) in [4.78, 5) is 26.4. The minimum atomic E-state index is -0.129. The minimum Gasteiger partial charge on any atom is -0.345 e. The van der Waals surface area contributed by atoms with Gasteiger partial charge in [0.05, 0.1) is 6.04 Å². The molecule has 2 N–H and O–H groups in total. The van der Waals surface area contributed by atoms with E-state index in [1.165, 1.54) is 6.92 Å². The van der Waals surface area contributed by atoms with E-state index in [0.29, 0.717) is 11.3 Å². The molecule has 0 saturated carbocycles. The summed E-state index contributed by atoms with van der Waals surface area (Å²) in [5.41, 5.74) is 2.40. The molecular formula is C24H33N3O2. The van der Waals surface area contributed by atoms with Crippen LogP contribution in [0.25, 0.3) is 0 Å². The van der Waals surface area contributed by atoms with Crippen molar-refractivity contribution < 1.29 is 9.59 Å². The van der Waals surface area contributed by atoms with Gasteiger partial charge in [0.15, 0.2) is 0 Å². The molecule has 0 unspecified atom stereocenters. The molecule has 2 aromatic carbocycles. The van der Waals surface area contributed by atoms with Crippen molar-refractivity contribution >= 4 is 17.5 Å². The van der Waals surface area contributed by atoms with E-state index in [4.69, 9.17) is 0 Å². The van der Waals surface area contributed by atoms with Crippen LogP contribution < -0.4 is 10.6 Å². The fraction of sp³-hybridized carbons (Fsp3) is 0.417. The quantitative estimate of drug-likeness (QED) is 0.546. The van der Waals surface area contributed by atoms with E-state index in [2.05, 4.69) is 41.5 Å². The Hall–Kier alpha value is -2.66. The second kappa shape index (κ2) is 12.0. The van der Waals surface area contributed by atoms with Crippen LogP contribution >= 0.6 is 0 Å². The minimum absolute atomic E-state index is 0.0181. The van der Waals surface area contributed by atoms with Crippen molar-refractivity contribution in [3.8, 4) is 0 Å². The lowest BCUT2D eigenvalue weighted by Crippen LogP contribution is -2.29. The maximum Gasteiger partial charge on any atom is 0.251 e. The van der Waals surface area contributed by atoms with Crippen LogP contribution in [0.3, 0.4) is 0 Å². The summed E-state index contributed by atoms with van der Waals surface area (Å²) in [5.74, 6) is -0.229. The molecule has 0 aromatic heterocycles. The largest absolute Gasteiger partial charge is 0.345 e. The summed E-state index contributed by atoms with van der Waals surface area (Å²) in [6.07, 6.45) is 3.07. The molecule has 0 saturated heterocycles. The van der Waals surface area contributed by atoms with E-state index in [1.54, 1.807) is 24.3 Å². The monoisotopic (exact) mass is 395 g/mol. The molecule has 0 aliphatic heterocycles. The number of unbranched alkanes of at least 4 members (excludes halogenated alkanes) is 1. The third-order valence-electron chi connectivity index (χ3n) is 5.09. The number of carbonyl (C=O) groups excluding carboxylic acids is 2. The first-order chi connectivity index (χ1) is 14.0. The number of hydrogen-bond donors (Lipinski definition) is 2. The van der Waals surface area contributed by atoms with E-state index < -0.39 is 0 Å². The molecule has 5 nitrogen and oxygen atoms in total. The molecule has 0 heterocycles. The van der Waals surface area contributed by atoms with Crippen molar-refractivity contribution in [2.45, 2.75) is 46.1 Å². The third-order valence-corrected chi connectivity index (χ3v) is 5.09. The molecular weight excluding hydrogens is 362 g/mol. The number of carbonyl (C=O) groups is 2. The Morgan fingerprint density at radius 1 is 0.931 bits per heavy atom. The molecule has 0 spiro atoms. The number of nitrogens with one attached hydrogen (secondary N) is 2. The topological polar surface area (TPSA) is 61.4 Å². The second-order valence-electron chi connectivity index (χ2n) is 7.22. The molecule has 0 aliphatic carbocycles. The summed E-state index contributed by atoms with van der Waals surface area (Å²) in [6.45, 7) is 9.08. The third kappa shape index (κ3) is 7.70. The van der Waals surface area contributed by atoms with Gasteiger partial charge in [0.1, 0.15) is 0 Å². The van der Waals surface area contributed by atoms with E-state index in [-0.39, 0.29) is 17.9 Å². The van der Waals surface area contributed by atoms with Crippen molar-refractivity contribution in [2.75, 3.05) is 25.0 Å². The van der Waals surface area contributed by atoms with Gasteiger partial charge in [0.2, 0.25) is 5.91 Å². The average Bonchev–Trinajstić information content (AvgIpc) is 2.73. The Labute approximate surface area is 174 Å². The van der Waals surface area contributed by atoms with Crippen molar-refractivity contribution in [1.29, 1.82) is 0 Å². The number of anilines is 1. The lowest BCUT2D eigenvalue weighted by Gasteiger charge is -2.21. The summed E-state index contributed by atoms with van der Waals surface area (Å²) < 4.78 is 0. The highest BCUT2D eigenvalue weighted by Gasteiger charge is 2.16. The number of nitrogens with zero attached hydrogens (tertiary/aromatic N) is 1. The van der Waals surface area contributed by atoms with Gasteiger partial charge in [0, 0.05) is 18.2 Å². The van der Waals surface area contributed by atoms with Crippen LogP contribution in [0.5, 0.6) is 0 Å². The van der Waals surface area contributed by atoms with E-state index in [1.807, 2.05) is 18.2 Å². The average molecular weight is 396 g/mol. The SMILES string of the molecule is CCN(CC)CCCC[C@@H](NC(=O)c1ccc(NC(C)=O)cc1)c1ccccc1. The zero-order valence-electron chi connectivity index (χ0n) is 17.8. The van der Waals surface area contributed by atoms with Crippen molar-refractivity contribution in [1.82, 2.24) is 10.2 Å². The highest BCUT2D eigenvalue weighted by atomic mass is 16.2. The summed E-state index contributed by atoms with van der Waals surface area (Å²) in [6, 6.07) is 17.1. The number of hydrogen-bond acceptors (Lipinski definition) is 3. The number of benzene rings is 2. The Kier molecular flexibility index (Phi) is 9.38. The first kappa shape index (κ1) is 22.6. The van der Waals surface area contributed by atoms with Crippen LogP contribution in [0.15, 0.2) is 54.6 Å². The van der Waals surface area contributed by atoms with Gasteiger partial charge in [-0.25, -0.2) is 0 Å². The van der Waals surface area contributed by atoms with Crippen LogP contribution in [-0.4, -0.2) is 36.3 Å². The van der Waals surface area contributed by atoms with Gasteiger partial charge in [-0.05, 0) is 68.7 Å². The standard InChI is InChI=1S/C24H33N3O2/c1-4-27(5-2)18-10-9-13-23(20-11-7-6-8-12-20)26-24(29)21-14-16-22(17-15-21)25-19(3)28/h6-8,11-12,14-17,23H,4-5,9-10,13,18H2,1-3H3,(H,25,28)(H,26,29)/t23-/m1/s1. The second-order valence-corrected chi connectivity index (χ2v) is 7.22. The van der Waals surface area contributed by atoms with Crippen LogP contribution in [0.4, 0.5) is 5.69 Å². The van der Waals surface area contributed by atoms with Gasteiger partial charge >= 0.3 is 0 Å². The lowest BCUT2D eigenvalue weighted by atomic mass is 10.00. The van der Waals surface area contributed by atoms with Crippen LogP contribution in [0, 0.1) is 0 Å². The Bertz CT molecular complexity index is 755. The number of amides is 2.